The van der Waals surface area contributed by atoms with Crippen molar-refractivity contribution in [3.63, 3.8) is 0 Å². The Bertz CT molecular complexity index is 425. The maximum atomic E-state index is 6.37. The van der Waals surface area contributed by atoms with Gasteiger partial charge in [-0.25, -0.2) is 0 Å². The highest BCUT2D eigenvalue weighted by molar-refractivity contribution is 5.27. The Morgan fingerprint density at radius 1 is 1.29 bits per heavy atom. The predicted octanol–water partition coefficient (Wildman–Crippen LogP) is 3.77. The Morgan fingerprint density at radius 2 is 2.05 bits per heavy atom. The van der Waals surface area contributed by atoms with Gasteiger partial charge in [-0.2, -0.15) is 0 Å². The van der Waals surface area contributed by atoms with Crippen molar-refractivity contribution in [2.45, 2.75) is 51.2 Å². The Balaban J connectivity index is 1.96. The highest BCUT2D eigenvalue weighted by Gasteiger charge is 2.35. The van der Waals surface area contributed by atoms with Crippen LogP contribution in [0.15, 0.2) is 24.3 Å². The van der Waals surface area contributed by atoms with E-state index in [0.29, 0.717) is 6.61 Å². The molecule has 1 aromatic carbocycles. The van der Waals surface area contributed by atoms with Crippen molar-refractivity contribution in [3.8, 4) is 5.75 Å². The Hall–Kier alpha value is -1.06. The number of hydrogen-bond donors (Lipinski definition) is 1. The number of likely N-dealkylation sites (N-methyl/N-ethyl adjacent to an activating group) is 1. The molecule has 0 aromatic heterocycles. The first-order valence-electron chi connectivity index (χ1n) is 8.13. The van der Waals surface area contributed by atoms with Crippen molar-refractivity contribution >= 4 is 0 Å². The molecule has 0 bridgehead atoms. The molecule has 3 nitrogen and oxygen atoms in total. The molecule has 1 aliphatic rings. The summed E-state index contributed by atoms with van der Waals surface area (Å²) in [4.78, 5) is 0. The summed E-state index contributed by atoms with van der Waals surface area (Å²) >= 11 is 0. The van der Waals surface area contributed by atoms with Crippen LogP contribution in [0.5, 0.6) is 5.75 Å². The maximum Gasteiger partial charge on any atom is 0.119 e. The van der Waals surface area contributed by atoms with Crippen molar-refractivity contribution in [3.05, 3.63) is 29.8 Å². The van der Waals surface area contributed by atoms with Crippen molar-refractivity contribution in [1.29, 1.82) is 0 Å². The normalized spacial score (nSPS) is 25.8. The summed E-state index contributed by atoms with van der Waals surface area (Å²) in [5.41, 5.74) is 1.19. The third kappa shape index (κ3) is 4.45. The largest absolute Gasteiger partial charge is 0.497 e. The average molecular weight is 291 g/mol. The fraction of sp³-hybridized carbons (Fsp3) is 0.667. The lowest BCUT2D eigenvalue weighted by atomic mass is 9.77. The molecular formula is C18H29NO2. The molecule has 1 aliphatic carbocycles. The van der Waals surface area contributed by atoms with Crippen LogP contribution in [0, 0.1) is 5.92 Å². The van der Waals surface area contributed by atoms with E-state index >= 15 is 0 Å². The van der Waals surface area contributed by atoms with Gasteiger partial charge in [0.2, 0.25) is 0 Å². The lowest BCUT2D eigenvalue weighted by Gasteiger charge is -2.40. The highest BCUT2D eigenvalue weighted by Crippen LogP contribution is 2.36. The van der Waals surface area contributed by atoms with Crippen molar-refractivity contribution < 1.29 is 9.47 Å². The van der Waals surface area contributed by atoms with E-state index in [1.54, 1.807) is 7.11 Å². The number of methoxy groups -OCH3 is 1. The lowest BCUT2D eigenvalue weighted by molar-refractivity contribution is -0.0853. The van der Waals surface area contributed by atoms with Crippen LogP contribution in [0.2, 0.25) is 0 Å². The SMILES string of the molecule is CCC1CCC(CNC)(OCc2cccc(OC)c2)CC1. The molecule has 1 aromatic rings. The van der Waals surface area contributed by atoms with Crippen LogP contribution in [0.25, 0.3) is 0 Å². The summed E-state index contributed by atoms with van der Waals surface area (Å²) in [6.45, 7) is 3.90. The van der Waals surface area contributed by atoms with Crippen molar-refractivity contribution in [2.24, 2.45) is 5.92 Å². The molecule has 0 unspecified atom stereocenters. The summed E-state index contributed by atoms with van der Waals surface area (Å²) < 4.78 is 11.7. The summed E-state index contributed by atoms with van der Waals surface area (Å²) in [6, 6.07) is 8.16. The van der Waals surface area contributed by atoms with E-state index in [4.69, 9.17) is 9.47 Å². The molecule has 0 saturated heterocycles. The van der Waals surface area contributed by atoms with Crippen LogP contribution in [-0.2, 0) is 11.3 Å². The zero-order chi connectivity index (χ0) is 15.1. The second-order valence-electron chi connectivity index (χ2n) is 6.21. The zero-order valence-electron chi connectivity index (χ0n) is 13.7. The predicted molar refractivity (Wildman–Crippen MR) is 86.7 cm³/mol. The molecule has 2 rings (SSSR count). The van der Waals surface area contributed by atoms with Crippen LogP contribution >= 0.6 is 0 Å². The zero-order valence-corrected chi connectivity index (χ0v) is 13.7. The number of ether oxygens (including phenoxy) is 2. The molecule has 1 saturated carbocycles. The smallest absolute Gasteiger partial charge is 0.119 e. The first kappa shape index (κ1) is 16.3. The molecule has 0 amide bonds. The Labute approximate surface area is 129 Å². The number of rotatable bonds is 7. The van der Waals surface area contributed by atoms with Gasteiger partial charge in [-0.05, 0) is 56.3 Å². The van der Waals surface area contributed by atoms with Gasteiger partial charge in [0.05, 0.1) is 19.3 Å². The van der Waals surface area contributed by atoms with E-state index in [-0.39, 0.29) is 5.60 Å². The van der Waals surface area contributed by atoms with E-state index in [9.17, 15) is 0 Å². The van der Waals surface area contributed by atoms with Gasteiger partial charge in [-0.1, -0.05) is 25.5 Å². The minimum Gasteiger partial charge on any atom is -0.497 e. The number of nitrogens with one attached hydrogen (secondary N) is 1. The molecule has 0 aliphatic heterocycles. The lowest BCUT2D eigenvalue weighted by Crippen LogP contribution is -2.45. The van der Waals surface area contributed by atoms with E-state index in [1.807, 2.05) is 19.2 Å². The Morgan fingerprint density at radius 3 is 2.67 bits per heavy atom. The minimum absolute atomic E-state index is 0.00347. The van der Waals surface area contributed by atoms with E-state index in [2.05, 4.69) is 24.4 Å². The first-order chi connectivity index (χ1) is 10.2. The van der Waals surface area contributed by atoms with E-state index < -0.39 is 0 Å². The monoisotopic (exact) mass is 291 g/mol. The van der Waals surface area contributed by atoms with Crippen LogP contribution in [0.3, 0.4) is 0 Å². The Kier molecular flexibility index (Phi) is 6.07. The standard InChI is InChI=1S/C18H29NO2/c1-4-15-8-10-18(11-9-15,14-19-2)21-13-16-6-5-7-17(12-16)20-3/h5-7,12,15,19H,4,8-11,13-14H2,1-3H3. The molecule has 1 fully saturated rings. The third-order valence-corrected chi connectivity index (χ3v) is 4.77. The summed E-state index contributed by atoms with van der Waals surface area (Å²) in [7, 11) is 3.72. The second-order valence-corrected chi connectivity index (χ2v) is 6.21. The highest BCUT2D eigenvalue weighted by atomic mass is 16.5. The van der Waals surface area contributed by atoms with Gasteiger partial charge in [0, 0.05) is 6.54 Å². The average Bonchev–Trinajstić information content (AvgIpc) is 2.54. The van der Waals surface area contributed by atoms with Crippen LogP contribution in [0.4, 0.5) is 0 Å². The molecule has 0 spiro atoms. The van der Waals surface area contributed by atoms with Crippen molar-refractivity contribution in [2.75, 3.05) is 20.7 Å². The summed E-state index contributed by atoms with van der Waals surface area (Å²) in [6.07, 6.45) is 6.20. The fourth-order valence-corrected chi connectivity index (χ4v) is 3.30. The van der Waals surface area contributed by atoms with Crippen LogP contribution in [-0.4, -0.2) is 26.3 Å². The van der Waals surface area contributed by atoms with E-state index in [0.717, 1.165) is 31.1 Å². The van der Waals surface area contributed by atoms with Gasteiger partial charge in [0.25, 0.3) is 0 Å². The fourth-order valence-electron chi connectivity index (χ4n) is 3.30. The van der Waals surface area contributed by atoms with Gasteiger partial charge < -0.3 is 14.8 Å². The van der Waals surface area contributed by atoms with Gasteiger partial charge in [0.1, 0.15) is 5.75 Å². The van der Waals surface area contributed by atoms with Gasteiger partial charge in [-0.3, -0.25) is 0 Å². The maximum absolute atomic E-state index is 6.37. The van der Waals surface area contributed by atoms with Gasteiger partial charge >= 0.3 is 0 Å². The molecular weight excluding hydrogens is 262 g/mol. The topological polar surface area (TPSA) is 30.5 Å². The molecule has 1 N–H and O–H groups in total. The molecule has 118 valence electrons. The number of benzene rings is 1. The molecule has 0 atom stereocenters. The van der Waals surface area contributed by atoms with Gasteiger partial charge in [-0.15, -0.1) is 0 Å². The minimum atomic E-state index is 0.00347. The molecule has 3 heteroatoms. The van der Waals surface area contributed by atoms with Crippen LogP contribution in [0.1, 0.15) is 44.6 Å². The number of hydrogen-bond acceptors (Lipinski definition) is 3. The van der Waals surface area contributed by atoms with Gasteiger partial charge in [0.15, 0.2) is 0 Å². The second kappa shape index (κ2) is 7.81. The molecule has 0 heterocycles. The third-order valence-electron chi connectivity index (χ3n) is 4.77. The van der Waals surface area contributed by atoms with Crippen molar-refractivity contribution in [1.82, 2.24) is 5.32 Å². The van der Waals surface area contributed by atoms with Crippen LogP contribution < -0.4 is 10.1 Å². The molecule has 21 heavy (non-hydrogen) atoms. The summed E-state index contributed by atoms with van der Waals surface area (Å²) in [5, 5.41) is 3.32. The quantitative estimate of drug-likeness (QED) is 0.829. The molecule has 0 radical (unpaired) electrons. The van der Waals surface area contributed by atoms with E-state index in [1.165, 1.54) is 24.8 Å². The summed E-state index contributed by atoms with van der Waals surface area (Å²) in [5.74, 6) is 1.78. The first-order valence-corrected chi connectivity index (χ1v) is 8.13.